The van der Waals surface area contributed by atoms with E-state index in [4.69, 9.17) is 4.99 Å². The highest BCUT2D eigenvalue weighted by atomic mass is 127. The molecule has 1 aromatic heterocycles. The third-order valence-corrected chi connectivity index (χ3v) is 5.25. The lowest BCUT2D eigenvalue weighted by atomic mass is 9.65. The molecule has 0 radical (unpaired) electrons. The van der Waals surface area contributed by atoms with E-state index in [0.29, 0.717) is 5.41 Å². The van der Waals surface area contributed by atoms with Crippen molar-refractivity contribution in [3.05, 3.63) is 29.6 Å². The minimum Gasteiger partial charge on any atom is -0.356 e. The summed E-state index contributed by atoms with van der Waals surface area (Å²) in [7, 11) is 0. The van der Waals surface area contributed by atoms with E-state index >= 15 is 0 Å². The van der Waals surface area contributed by atoms with E-state index in [1.165, 1.54) is 11.1 Å². The molecule has 1 aliphatic rings. The van der Waals surface area contributed by atoms with Gasteiger partial charge in [0, 0.05) is 43.0 Å². The topological polar surface area (TPSA) is 40.5 Å². The molecule has 130 valence electrons. The van der Waals surface area contributed by atoms with Crippen LogP contribution in [-0.2, 0) is 6.42 Å². The lowest BCUT2D eigenvalue weighted by molar-refractivity contribution is -0.0667. The number of pyridine rings is 1. The molecule has 0 spiro atoms. The average molecular weight is 430 g/mol. The van der Waals surface area contributed by atoms with Crippen molar-refractivity contribution < 1.29 is 0 Å². The van der Waals surface area contributed by atoms with Crippen LogP contribution in [0, 0.1) is 12.3 Å². The van der Waals surface area contributed by atoms with Crippen LogP contribution < -0.4 is 5.32 Å². The maximum atomic E-state index is 4.84. The number of hydrogen-bond donors (Lipinski definition) is 1. The van der Waals surface area contributed by atoms with Crippen molar-refractivity contribution in [1.82, 2.24) is 15.2 Å². The number of hydrogen-bond acceptors (Lipinski definition) is 2. The van der Waals surface area contributed by atoms with Gasteiger partial charge >= 0.3 is 0 Å². The van der Waals surface area contributed by atoms with Crippen molar-refractivity contribution in [3.63, 3.8) is 0 Å². The predicted octanol–water partition coefficient (Wildman–Crippen LogP) is 3.64. The molecule has 1 N–H and O–H groups in total. The second-order valence-corrected chi connectivity index (χ2v) is 7.32. The average Bonchev–Trinajstić information content (AvgIpc) is 2.46. The summed E-state index contributed by atoms with van der Waals surface area (Å²) in [5, 5.41) is 3.44. The Kier molecular flexibility index (Phi) is 6.86. The minimum atomic E-state index is 0. The molecular weight excluding hydrogens is 399 g/mol. The van der Waals surface area contributed by atoms with Crippen LogP contribution in [0.25, 0.3) is 0 Å². The number of halogens is 1. The van der Waals surface area contributed by atoms with Gasteiger partial charge in [-0.15, -0.1) is 24.0 Å². The Morgan fingerprint density at radius 2 is 2.04 bits per heavy atom. The number of aromatic nitrogens is 1. The lowest BCUT2D eigenvalue weighted by Gasteiger charge is -2.62. The highest BCUT2D eigenvalue weighted by molar-refractivity contribution is 14.0. The molecule has 0 aliphatic carbocycles. The monoisotopic (exact) mass is 430 g/mol. The number of aryl methyl sites for hydroxylation is 1. The van der Waals surface area contributed by atoms with Crippen LogP contribution in [0.1, 0.15) is 45.7 Å². The molecule has 0 unspecified atom stereocenters. The van der Waals surface area contributed by atoms with Crippen molar-refractivity contribution in [2.75, 3.05) is 19.6 Å². The molecular formula is C18H31IN4. The van der Waals surface area contributed by atoms with Gasteiger partial charge in [0.25, 0.3) is 0 Å². The standard InChI is InChI=1S/C18H30N4.HI/c1-7-20-16(22-13-17(3,4)18(22,5)6)21-11-9-15-8-10-19-12-14(15)2;/h8,10,12H,7,9,11,13H2,1-6H3,(H,20,21);1H. The molecule has 23 heavy (non-hydrogen) atoms. The van der Waals surface area contributed by atoms with Crippen molar-refractivity contribution in [2.24, 2.45) is 10.4 Å². The van der Waals surface area contributed by atoms with Crippen LogP contribution in [0.15, 0.2) is 23.5 Å². The summed E-state index contributed by atoms with van der Waals surface area (Å²) < 4.78 is 0. The maximum absolute atomic E-state index is 4.84. The summed E-state index contributed by atoms with van der Waals surface area (Å²) in [5.74, 6) is 1.04. The molecule has 0 atom stereocenters. The molecule has 5 heteroatoms. The van der Waals surface area contributed by atoms with Gasteiger partial charge in [-0.2, -0.15) is 0 Å². The SMILES string of the molecule is CCNC(=NCCc1ccncc1C)N1CC(C)(C)C1(C)C.I. The van der Waals surface area contributed by atoms with E-state index in [-0.39, 0.29) is 29.5 Å². The molecule has 4 nitrogen and oxygen atoms in total. The number of rotatable bonds is 4. The van der Waals surface area contributed by atoms with E-state index < -0.39 is 0 Å². The van der Waals surface area contributed by atoms with Gasteiger partial charge in [-0.05, 0) is 51.3 Å². The van der Waals surface area contributed by atoms with Crippen molar-refractivity contribution in [1.29, 1.82) is 0 Å². The van der Waals surface area contributed by atoms with Gasteiger partial charge in [0.1, 0.15) is 0 Å². The third-order valence-electron chi connectivity index (χ3n) is 5.25. The zero-order chi connectivity index (χ0) is 16.4. The quantitative estimate of drug-likeness (QED) is 0.451. The fourth-order valence-corrected chi connectivity index (χ4v) is 2.86. The summed E-state index contributed by atoms with van der Waals surface area (Å²) in [6.07, 6.45) is 4.74. The Morgan fingerprint density at radius 3 is 2.57 bits per heavy atom. The number of nitrogens with one attached hydrogen (secondary N) is 1. The number of aliphatic imine (C=N–C) groups is 1. The molecule has 1 aliphatic heterocycles. The predicted molar refractivity (Wildman–Crippen MR) is 109 cm³/mol. The summed E-state index contributed by atoms with van der Waals surface area (Å²) in [6, 6.07) is 2.09. The van der Waals surface area contributed by atoms with Gasteiger partial charge in [-0.1, -0.05) is 13.8 Å². The number of likely N-dealkylation sites (tertiary alicyclic amines) is 1. The Bertz CT molecular complexity index is 552. The Hall–Kier alpha value is -0.850. The molecule has 2 heterocycles. The largest absolute Gasteiger partial charge is 0.356 e. The first-order chi connectivity index (χ1) is 10.3. The van der Waals surface area contributed by atoms with Crippen molar-refractivity contribution in [2.45, 2.75) is 53.5 Å². The van der Waals surface area contributed by atoms with Gasteiger partial charge in [0.15, 0.2) is 5.96 Å². The van der Waals surface area contributed by atoms with Gasteiger partial charge < -0.3 is 10.2 Å². The first kappa shape index (κ1) is 20.2. The van der Waals surface area contributed by atoms with Gasteiger partial charge in [-0.25, -0.2) is 0 Å². The minimum absolute atomic E-state index is 0. The molecule has 1 saturated heterocycles. The van der Waals surface area contributed by atoms with Crippen LogP contribution in [-0.4, -0.2) is 41.0 Å². The van der Waals surface area contributed by atoms with Gasteiger partial charge in [0.05, 0.1) is 0 Å². The van der Waals surface area contributed by atoms with E-state index in [9.17, 15) is 0 Å². The first-order valence-corrected chi connectivity index (χ1v) is 8.25. The van der Waals surface area contributed by atoms with Crippen LogP contribution in [0.4, 0.5) is 0 Å². The zero-order valence-electron chi connectivity index (χ0n) is 15.3. The molecule has 1 fully saturated rings. The third kappa shape index (κ3) is 4.17. The van der Waals surface area contributed by atoms with Gasteiger partial charge in [-0.3, -0.25) is 9.98 Å². The summed E-state index contributed by atoms with van der Waals surface area (Å²) in [5.41, 5.74) is 3.04. The Balaban J connectivity index is 0.00000264. The molecule has 0 amide bonds. The lowest BCUT2D eigenvalue weighted by Crippen LogP contribution is -2.72. The number of nitrogens with zero attached hydrogens (tertiary/aromatic N) is 3. The van der Waals surface area contributed by atoms with Crippen LogP contribution in [0.5, 0.6) is 0 Å². The zero-order valence-corrected chi connectivity index (χ0v) is 17.6. The molecule has 2 rings (SSSR count). The summed E-state index contributed by atoms with van der Waals surface area (Å²) in [4.78, 5) is 11.4. The van der Waals surface area contributed by atoms with Crippen LogP contribution in [0.2, 0.25) is 0 Å². The molecule has 0 bridgehead atoms. The second kappa shape index (κ2) is 7.81. The molecule has 1 aromatic rings. The normalized spacial score (nSPS) is 18.9. The Morgan fingerprint density at radius 1 is 1.35 bits per heavy atom. The number of guanidine groups is 1. The van der Waals surface area contributed by atoms with E-state index in [2.05, 4.69) is 62.8 Å². The highest BCUT2D eigenvalue weighted by Gasteiger charge is 2.53. The summed E-state index contributed by atoms with van der Waals surface area (Å²) >= 11 is 0. The molecule has 0 aromatic carbocycles. The van der Waals surface area contributed by atoms with E-state index in [1.54, 1.807) is 0 Å². The van der Waals surface area contributed by atoms with Crippen LogP contribution >= 0.6 is 24.0 Å². The van der Waals surface area contributed by atoms with Crippen molar-refractivity contribution in [3.8, 4) is 0 Å². The van der Waals surface area contributed by atoms with Crippen LogP contribution in [0.3, 0.4) is 0 Å². The first-order valence-electron chi connectivity index (χ1n) is 8.25. The summed E-state index contributed by atoms with van der Waals surface area (Å²) in [6.45, 7) is 16.3. The highest BCUT2D eigenvalue weighted by Crippen LogP contribution is 2.46. The van der Waals surface area contributed by atoms with Gasteiger partial charge in [0.2, 0.25) is 0 Å². The fourth-order valence-electron chi connectivity index (χ4n) is 2.86. The van der Waals surface area contributed by atoms with E-state index in [0.717, 1.165) is 32.0 Å². The molecule has 0 saturated carbocycles. The smallest absolute Gasteiger partial charge is 0.194 e. The van der Waals surface area contributed by atoms with E-state index in [1.807, 2.05) is 12.4 Å². The maximum Gasteiger partial charge on any atom is 0.194 e. The fraction of sp³-hybridized carbons (Fsp3) is 0.667. The second-order valence-electron chi connectivity index (χ2n) is 7.32. The van der Waals surface area contributed by atoms with Crippen molar-refractivity contribution >= 4 is 29.9 Å². The Labute approximate surface area is 158 Å².